The summed E-state index contributed by atoms with van der Waals surface area (Å²) < 4.78 is 22.6. The zero-order valence-corrected chi connectivity index (χ0v) is 15.7. The van der Waals surface area contributed by atoms with Gasteiger partial charge in [-0.1, -0.05) is 6.58 Å². The van der Waals surface area contributed by atoms with Crippen molar-refractivity contribution in [2.75, 3.05) is 0 Å². The highest BCUT2D eigenvalue weighted by Gasteiger charge is 2.71. The van der Waals surface area contributed by atoms with Gasteiger partial charge in [-0.2, -0.15) is 0 Å². The number of nitrogens with one attached hydrogen (secondary N) is 1. The van der Waals surface area contributed by atoms with Gasteiger partial charge in [0.05, 0.1) is 36.0 Å². The minimum atomic E-state index is -0.721. The predicted octanol–water partition coefficient (Wildman–Crippen LogP) is -0.521. The second-order valence-corrected chi connectivity index (χ2v) is 9.08. The van der Waals surface area contributed by atoms with Gasteiger partial charge in [-0.05, 0) is 19.8 Å². The van der Waals surface area contributed by atoms with Crippen LogP contribution in [0.15, 0.2) is 12.2 Å². The van der Waals surface area contributed by atoms with Crippen LogP contribution in [-0.2, 0) is 38.1 Å². The second kappa shape index (κ2) is 5.59. The lowest BCUT2D eigenvalue weighted by atomic mass is 9.78. The zero-order valence-electron chi connectivity index (χ0n) is 15.7. The van der Waals surface area contributed by atoms with E-state index < -0.39 is 48.1 Å². The Hall–Kier alpha value is -2.42. The Labute approximate surface area is 166 Å². The highest BCUT2D eigenvalue weighted by Crippen LogP contribution is 2.59. The highest BCUT2D eigenvalue weighted by molar-refractivity contribution is 5.89. The van der Waals surface area contributed by atoms with Crippen molar-refractivity contribution in [3.8, 4) is 0 Å². The molecule has 0 aromatic carbocycles. The van der Waals surface area contributed by atoms with E-state index in [-0.39, 0.29) is 47.5 Å². The van der Waals surface area contributed by atoms with Crippen molar-refractivity contribution >= 4 is 23.8 Å². The molecule has 154 valence electrons. The topological polar surface area (TPSA) is 117 Å². The molecule has 9 nitrogen and oxygen atoms in total. The van der Waals surface area contributed by atoms with Gasteiger partial charge in [0, 0.05) is 17.4 Å². The number of hydrogen-bond donors (Lipinski definition) is 1. The van der Waals surface area contributed by atoms with Crippen LogP contribution >= 0.6 is 0 Å². The summed E-state index contributed by atoms with van der Waals surface area (Å²) in [5, 5.41) is 2.86. The first-order valence-corrected chi connectivity index (χ1v) is 10.1. The van der Waals surface area contributed by atoms with E-state index in [9.17, 15) is 19.2 Å². The summed E-state index contributed by atoms with van der Waals surface area (Å²) in [6, 6.07) is -0.339. The molecule has 9 heteroatoms. The Morgan fingerprint density at radius 2 is 1.90 bits per heavy atom. The minimum Gasteiger partial charge on any atom is -0.458 e. The van der Waals surface area contributed by atoms with E-state index in [1.54, 1.807) is 6.92 Å². The number of hydrogen-bond acceptors (Lipinski definition) is 8. The van der Waals surface area contributed by atoms with Crippen LogP contribution in [0, 0.1) is 29.6 Å². The molecule has 2 aliphatic carbocycles. The van der Waals surface area contributed by atoms with E-state index >= 15 is 0 Å². The maximum absolute atomic E-state index is 13.2. The Morgan fingerprint density at radius 3 is 2.66 bits per heavy atom. The Balaban J connectivity index is 1.23. The number of esters is 3. The average Bonchev–Trinajstić information content (AvgIpc) is 3.44. The number of carbonyl (C=O) groups excluding carboxylic acids is 4. The van der Waals surface area contributed by atoms with Crippen molar-refractivity contribution in [3.63, 3.8) is 0 Å². The van der Waals surface area contributed by atoms with Crippen molar-refractivity contribution in [1.29, 1.82) is 0 Å². The quantitative estimate of drug-likeness (QED) is 0.379. The fourth-order valence-corrected chi connectivity index (χ4v) is 6.45. The predicted molar refractivity (Wildman–Crippen MR) is 91.7 cm³/mol. The van der Waals surface area contributed by atoms with Crippen LogP contribution in [0.4, 0.5) is 0 Å². The summed E-state index contributed by atoms with van der Waals surface area (Å²) in [7, 11) is 0. The fraction of sp³-hybridized carbons (Fsp3) is 0.700. The zero-order chi connectivity index (χ0) is 20.2. The van der Waals surface area contributed by atoms with E-state index in [2.05, 4.69) is 11.9 Å². The fourth-order valence-electron chi connectivity index (χ4n) is 6.45. The molecule has 6 rings (SSSR count). The highest BCUT2D eigenvalue weighted by atomic mass is 16.6. The van der Waals surface area contributed by atoms with Gasteiger partial charge in [-0.3, -0.25) is 14.4 Å². The summed E-state index contributed by atoms with van der Waals surface area (Å²) >= 11 is 0. The van der Waals surface area contributed by atoms with Crippen LogP contribution in [0.5, 0.6) is 0 Å². The molecule has 0 aromatic heterocycles. The maximum atomic E-state index is 13.2. The third-order valence-corrected chi connectivity index (χ3v) is 7.60. The lowest BCUT2D eigenvalue weighted by Gasteiger charge is -2.32. The van der Waals surface area contributed by atoms with E-state index in [1.165, 1.54) is 0 Å². The Kier molecular flexibility index (Phi) is 3.36. The summed E-state index contributed by atoms with van der Waals surface area (Å²) in [4.78, 5) is 49.6. The average molecular weight is 403 g/mol. The van der Waals surface area contributed by atoms with Crippen molar-refractivity contribution in [2.24, 2.45) is 29.6 Å². The molecule has 11 unspecified atom stereocenters. The molecule has 29 heavy (non-hydrogen) atoms. The minimum absolute atomic E-state index is 0.0602. The van der Waals surface area contributed by atoms with Crippen molar-refractivity contribution in [2.45, 2.75) is 56.3 Å². The summed E-state index contributed by atoms with van der Waals surface area (Å²) in [6.07, 6.45) is -1.19. The Morgan fingerprint density at radius 1 is 1.10 bits per heavy atom. The van der Waals surface area contributed by atoms with Crippen LogP contribution in [0.3, 0.4) is 0 Å². The van der Waals surface area contributed by atoms with Gasteiger partial charge in [0.15, 0.2) is 6.10 Å². The number of ether oxygens (including phenoxy) is 4. The molecule has 1 N–H and O–H groups in total. The first kappa shape index (κ1) is 17.4. The van der Waals surface area contributed by atoms with Crippen LogP contribution in [0.2, 0.25) is 0 Å². The molecule has 4 aliphatic heterocycles. The SMILES string of the molecule is C=C(C)C(=O)OC1C2CC3C1OC(=O)C3C2C(=O)OC1C2CC3C(=O)NC1C3O2. The molecule has 2 saturated carbocycles. The molecule has 6 aliphatic rings. The van der Waals surface area contributed by atoms with Gasteiger partial charge in [0.1, 0.15) is 12.2 Å². The molecular weight excluding hydrogens is 382 g/mol. The molecule has 0 radical (unpaired) electrons. The normalized spacial score (nSPS) is 49.9. The maximum Gasteiger partial charge on any atom is 0.333 e. The molecule has 0 aromatic rings. The summed E-state index contributed by atoms with van der Waals surface area (Å²) in [5.41, 5.74) is 0.249. The van der Waals surface area contributed by atoms with Crippen LogP contribution in [0.25, 0.3) is 0 Å². The Bertz CT molecular complexity index is 869. The third kappa shape index (κ3) is 2.14. The number of rotatable bonds is 4. The van der Waals surface area contributed by atoms with Gasteiger partial charge in [0.2, 0.25) is 5.91 Å². The monoisotopic (exact) mass is 403 g/mol. The molecule has 11 atom stereocenters. The first-order valence-electron chi connectivity index (χ1n) is 10.1. The molecule has 1 amide bonds. The molecule has 4 heterocycles. The van der Waals surface area contributed by atoms with E-state index in [0.717, 1.165) is 0 Å². The van der Waals surface area contributed by atoms with Gasteiger partial charge in [-0.15, -0.1) is 0 Å². The number of carbonyl (C=O) groups is 4. The van der Waals surface area contributed by atoms with Gasteiger partial charge < -0.3 is 24.3 Å². The lowest BCUT2D eigenvalue weighted by Crippen LogP contribution is -2.48. The standard InChI is InChI=1S/C20H21NO8/c1-5(2)18(23)27-14-6-3-7-10(19(24)28-15(7)14)11(6)20(25)29-16-9-4-8-13(26-9)12(16)21-17(8)22/h6-16H,1,3-4H2,2H3,(H,21,22). The largest absolute Gasteiger partial charge is 0.458 e. The second-order valence-electron chi connectivity index (χ2n) is 9.08. The third-order valence-electron chi connectivity index (χ3n) is 7.60. The van der Waals surface area contributed by atoms with Crippen molar-refractivity contribution in [1.82, 2.24) is 5.32 Å². The molecule has 6 fully saturated rings. The smallest absolute Gasteiger partial charge is 0.333 e. The van der Waals surface area contributed by atoms with Gasteiger partial charge in [0.25, 0.3) is 0 Å². The van der Waals surface area contributed by atoms with Crippen molar-refractivity contribution in [3.05, 3.63) is 12.2 Å². The molecule has 0 spiro atoms. The molecule has 4 bridgehead atoms. The first-order chi connectivity index (χ1) is 13.8. The van der Waals surface area contributed by atoms with E-state index in [4.69, 9.17) is 18.9 Å². The van der Waals surface area contributed by atoms with Gasteiger partial charge >= 0.3 is 17.9 Å². The van der Waals surface area contributed by atoms with E-state index in [1.807, 2.05) is 0 Å². The van der Waals surface area contributed by atoms with Crippen LogP contribution in [-0.4, -0.2) is 60.4 Å². The van der Waals surface area contributed by atoms with E-state index in [0.29, 0.717) is 12.8 Å². The van der Waals surface area contributed by atoms with Gasteiger partial charge in [-0.25, -0.2) is 4.79 Å². The van der Waals surface area contributed by atoms with Crippen LogP contribution in [0.1, 0.15) is 19.8 Å². The summed E-state index contributed by atoms with van der Waals surface area (Å²) in [6.45, 7) is 5.13. The number of amides is 1. The lowest BCUT2D eigenvalue weighted by molar-refractivity contribution is -0.168. The number of fused-ring (bicyclic) bond motifs is 2. The molecular formula is C20H21NO8. The van der Waals surface area contributed by atoms with Crippen molar-refractivity contribution < 1.29 is 38.1 Å². The molecule has 4 saturated heterocycles. The van der Waals surface area contributed by atoms with Crippen LogP contribution < -0.4 is 5.32 Å². The summed E-state index contributed by atoms with van der Waals surface area (Å²) in [5.74, 6) is -3.50.